The summed E-state index contributed by atoms with van der Waals surface area (Å²) in [4.78, 5) is 17.2. The predicted molar refractivity (Wildman–Crippen MR) is 124 cm³/mol. The first-order valence-corrected chi connectivity index (χ1v) is 11.6. The summed E-state index contributed by atoms with van der Waals surface area (Å²) in [7, 11) is 0. The molecule has 0 saturated heterocycles. The van der Waals surface area contributed by atoms with E-state index in [-0.39, 0.29) is 11.3 Å². The molecule has 1 aliphatic carbocycles. The second kappa shape index (κ2) is 9.22. The van der Waals surface area contributed by atoms with Crippen LogP contribution in [0.3, 0.4) is 0 Å². The smallest absolute Gasteiger partial charge is 0.225 e. The molecule has 1 aliphatic rings. The number of anilines is 1. The van der Waals surface area contributed by atoms with Gasteiger partial charge in [0.2, 0.25) is 5.91 Å². The summed E-state index contributed by atoms with van der Waals surface area (Å²) in [6.07, 6.45) is 3.47. The Bertz CT molecular complexity index is 965. The number of rotatable bonds is 5. The van der Waals surface area contributed by atoms with Crippen LogP contribution in [0.2, 0.25) is 0 Å². The van der Waals surface area contributed by atoms with Crippen molar-refractivity contribution in [1.29, 1.82) is 5.26 Å². The van der Waals surface area contributed by atoms with Crippen LogP contribution in [0.25, 0.3) is 0 Å². The van der Waals surface area contributed by atoms with Gasteiger partial charge in [-0.3, -0.25) is 4.79 Å². The lowest BCUT2D eigenvalue weighted by Crippen LogP contribution is -2.27. The van der Waals surface area contributed by atoms with Crippen molar-refractivity contribution in [3.05, 3.63) is 52.2 Å². The summed E-state index contributed by atoms with van der Waals surface area (Å²) in [5.41, 5.74) is 6.25. The van der Waals surface area contributed by atoms with E-state index in [1.54, 1.807) is 0 Å². The molecule has 4 nitrogen and oxygen atoms in total. The second-order valence-electron chi connectivity index (χ2n) is 9.28. The minimum absolute atomic E-state index is 0.00983. The molecule has 0 aliphatic heterocycles. The maximum Gasteiger partial charge on any atom is 0.225 e. The first-order chi connectivity index (χ1) is 14.2. The van der Waals surface area contributed by atoms with Gasteiger partial charge in [0, 0.05) is 23.6 Å². The number of fused-ring (bicyclic) bond motifs is 1. The Morgan fingerprint density at radius 2 is 2.00 bits per heavy atom. The van der Waals surface area contributed by atoms with Crippen molar-refractivity contribution in [2.24, 2.45) is 11.3 Å². The topological polar surface area (TPSA) is 65.8 Å². The molecule has 0 saturated carbocycles. The van der Waals surface area contributed by atoms with E-state index in [0.717, 1.165) is 46.8 Å². The molecule has 30 heavy (non-hydrogen) atoms. The number of thioether (sulfide) groups is 1. The van der Waals surface area contributed by atoms with E-state index >= 15 is 0 Å². The zero-order chi connectivity index (χ0) is 21.9. The highest BCUT2D eigenvalue weighted by molar-refractivity contribution is 7.99. The number of aromatic nitrogens is 1. The van der Waals surface area contributed by atoms with Crippen molar-refractivity contribution < 1.29 is 4.79 Å². The molecule has 1 aromatic carbocycles. The highest BCUT2D eigenvalue weighted by Crippen LogP contribution is 2.38. The van der Waals surface area contributed by atoms with Crippen LogP contribution in [0, 0.1) is 36.5 Å². The molecular weight excluding hydrogens is 390 g/mol. The van der Waals surface area contributed by atoms with Crippen LogP contribution < -0.4 is 5.32 Å². The summed E-state index contributed by atoms with van der Waals surface area (Å²) in [6.45, 7) is 10.9. The Balaban J connectivity index is 1.63. The molecule has 3 rings (SSSR count). The number of aryl methyl sites for hydroxylation is 3. The molecule has 1 amide bonds. The minimum Gasteiger partial charge on any atom is -0.326 e. The average Bonchev–Trinajstić information content (AvgIpc) is 2.69. The van der Waals surface area contributed by atoms with Gasteiger partial charge in [-0.1, -0.05) is 39.0 Å². The molecule has 1 unspecified atom stereocenters. The van der Waals surface area contributed by atoms with Gasteiger partial charge in [0.1, 0.15) is 11.1 Å². The summed E-state index contributed by atoms with van der Waals surface area (Å²) in [5.74, 6) is 1.21. The Morgan fingerprint density at radius 1 is 1.30 bits per heavy atom. The number of hydrogen-bond acceptors (Lipinski definition) is 4. The Labute approximate surface area is 184 Å². The first kappa shape index (κ1) is 22.4. The molecule has 0 bridgehead atoms. The highest BCUT2D eigenvalue weighted by atomic mass is 32.2. The molecule has 1 aromatic heterocycles. The SMILES string of the molecule is Cc1cccc(C)c1NC(=O)CCSc1nc2c(cc1C#N)CC(C(C)(C)C)CC2. The molecule has 1 heterocycles. The molecule has 0 spiro atoms. The number of benzene rings is 1. The summed E-state index contributed by atoms with van der Waals surface area (Å²) in [5, 5.41) is 13.4. The van der Waals surface area contributed by atoms with Gasteiger partial charge in [-0.2, -0.15) is 5.26 Å². The fourth-order valence-electron chi connectivity index (χ4n) is 4.03. The third kappa shape index (κ3) is 5.23. The molecular formula is C25H31N3OS. The van der Waals surface area contributed by atoms with Crippen molar-refractivity contribution in [1.82, 2.24) is 4.98 Å². The lowest BCUT2D eigenvalue weighted by molar-refractivity contribution is -0.115. The maximum atomic E-state index is 12.4. The van der Waals surface area contributed by atoms with E-state index in [1.165, 1.54) is 17.3 Å². The van der Waals surface area contributed by atoms with Gasteiger partial charge >= 0.3 is 0 Å². The number of carbonyl (C=O) groups is 1. The lowest BCUT2D eigenvalue weighted by atomic mass is 9.71. The van der Waals surface area contributed by atoms with Crippen LogP contribution in [0.5, 0.6) is 0 Å². The largest absolute Gasteiger partial charge is 0.326 e. The molecule has 1 atom stereocenters. The van der Waals surface area contributed by atoms with Gasteiger partial charge in [-0.05, 0) is 67.2 Å². The van der Waals surface area contributed by atoms with Crippen molar-refractivity contribution in [3.63, 3.8) is 0 Å². The van der Waals surface area contributed by atoms with Crippen LogP contribution in [0.15, 0.2) is 29.3 Å². The summed E-state index contributed by atoms with van der Waals surface area (Å²) < 4.78 is 0. The van der Waals surface area contributed by atoms with Gasteiger partial charge < -0.3 is 5.32 Å². The van der Waals surface area contributed by atoms with Gasteiger partial charge in [-0.25, -0.2) is 4.98 Å². The van der Waals surface area contributed by atoms with Gasteiger partial charge in [0.25, 0.3) is 0 Å². The maximum absolute atomic E-state index is 12.4. The molecule has 5 heteroatoms. The van der Waals surface area contributed by atoms with Crippen molar-refractivity contribution >= 4 is 23.4 Å². The third-order valence-corrected chi connectivity index (χ3v) is 7.00. The van der Waals surface area contributed by atoms with E-state index in [4.69, 9.17) is 4.98 Å². The van der Waals surface area contributed by atoms with Gasteiger partial charge in [-0.15, -0.1) is 11.8 Å². The second-order valence-corrected chi connectivity index (χ2v) is 10.4. The molecule has 0 radical (unpaired) electrons. The summed E-state index contributed by atoms with van der Waals surface area (Å²) in [6, 6.07) is 10.3. The standard InChI is InChI=1S/C25H31N3OS/c1-16-7-6-8-17(2)23(16)28-22(29)11-12-30-24-19(15-26)13-18-14-20(25(3,4)5)9-10-21(18)27-24/h6-8,13,20H,9-12,14H2,1-5H3,(H,28,29). The first-order valence-electron chi connectivity index (χ1n) is 10.6. The molecule has 2 aromatic rings. The van der Waals surface area contributed by atoms with Crippen LogP contribution in [0.1, 0.15) is 61.6 Å². The molecule has 0 fully saturated rings. The fraction of sp³-hybridized carbons (Fsp3) is 0.480. The molecule has 1 N–H and O–H groups in total. The summed E-state index contributed by atoms with van der Waals surface area (Å²) >= 11 is 1.50. The predicted octanol–water partition coefficient (Wildman–Crippen LogP) is 5.84. The van der Waals surface area contributed by atoms with E-state index in [2.05, 4.69) is 32.2 Å². The number of pyridine rings is 1. The Kier molecular flexibility index (Phi) is 6.88. The van der Waals surface area contributed by atoms with Crippen LogP contribution in [0.4, 0.5) is 5.69 Å². The number of nitriles is 1. The highest BCUT2D eigenvalue weighted by Gasteiger charge is 2.30. The number of para-hydroxylation sites is 1. The Hall–Kier alpha value is -2.32. The zero-order valence-corrected chi connectivity index (χ0v) is 19.4. The molecule has 158 valence electrons. The minimum atomic E-state index is -0.00983. The average molecular weight is 422 g/mol. The normalized spacial score (nSPS) is 15.9. The number of nitrogens with one attached hydrogen (secondary N) is 1. The van der Waals surface area contributed by atoms with E-state index < -0.39 is 0 Å². The van der Waals surface area contributed by atoms with Crippen LogP contribution >= 0.6 is 11.8 Å². The van der Waals surface area contributed by atoms with E-state index in [0.29, 0.717) is 23.7 Å². The van der Waals surface area contributed by atoms with Crippen molar-refractivity contribution in [2.45, 2.75) is 65.3 Å². The van der Waals surface area contributed by atoms with Crippen molar-refractivity contribution in [2.75, 3.05) is 11.1 Å². The van der Waals surface area contributed by atoms with Crippen LogP contribution in [-0.2, 0) is 17.6 Å². The van der Waals surface area contributed by atoms with Gasteiger partial charge in [0.15, 0.2) is 0 Å². The quantitative estimate of drug-likeness (QED) is 0.616. The third-order valence-electron chi connectivity index (χ3n) is 6.01. The van der Waals surface area contributed by atoms with E-state index in [9.17, 15) is 10.1 Å². The number of nitrogens with zero attached hydrogens (tertiary/aromatic N) is 2. The number of amides is 1. The van der Waals surface area contributed by atoms with E-state index in [1.807, 2.05) is 38.1 Å². The Morgan fingerprint density at radius 3 is 2.63 bits per heavy atom. The number of carbonyl (C=O) groups excluding carboxylic acids is 1. The van der Waals surface area contributed by atoms with Crippen LogP contribution in [-0.4, -0.2) is 16.6 Å². The lowest BCUT2D eigenvalue weighted by Gasteiger charge is -2.34. The fourth-order valence-corrected chi connectivity index (χ4v) is 4.94. The number of hydrogen-bond donors (Lipinski definition) is 1. The zero-order valence-electron chi connectivity index (χ0n) is 18.6. The van der Waals surface area contributed by atoms with Crippen molar-refractivity contribution in [3.8, 4) is 6.07 Å². The van der Waals surface area contributed by atoms with Gasteiger partial charge in [0.05, 0.1) is 5.56 Å². The monoisotopic (exact) mass is 421 g/mol.